The van der Waals surface area contributed by atoms with E-state index in [4.69, 9.17) is 9.84 Å². The van der Waals surface area contributed by atoms with Crippen molar-refractivity contribution in [2.75, 3.05) is 19.6 Å². The summed E-state index contributed by atoms with van der Waals surface area (Å²) in [7, 11) is 0. The molecule has 9 nitrogen and oxygen atoms in total. The first-order valence-corrected chi connectivity index (χ1v) is 7.21. The second-order valence-electron chi connectivity index (χ2n) is 5.10. The monoisotopic (exact) mass is 335 g/mol. The van der Waals surface area contributed by atoms with Crippen molar-refractivity contribution in [3.63, 3.8) is 0 Å². The Kier molecular flexibility index (Phi) is 5.85. The van der Waals surface area contributed by atoms with Crippen molar-refractivity contribution in [1.82, 2.24) is 15.5 Å². The molecular formula is C15H17N3O6. The number of β-lactam (4-membered cyclic amide) rings is 1. The highest BCUT2D eigenvalue weighted by Crippen LogP contribution is 2.10. The Hall–Kier alpha value is -2.94. The van der Waals surface area contributed by atoms with E-state index in [0.29, 0.717) is 0 Å². The third-order valence-electron chi connectivity index (χ3n) is 3.29. The summed E-state index contributed by atoms with van der Waals surface area (Å²) in [6.07, 6.45) is -0.742. The number of ether oxygens (including phenoxy) is 1. The molecule has 1 aromatic rings. The number of rotatable bonds is 7. The number of carboxylic acids is 1. The largest absolute Gasteiger partial charge is 0.480 e. The molecule has 0 unspecified atom stereocenters. The molecule has 2 rings (SSSR count). The highest BCUT2D eigenvalue weighted by atomic mass is 16.5. The zero-order valence-corrected chi connectivity index (χ0v) is 12.7. The fourth-order valence-electron chi connectivity index (χ4n) is 2.04. The minimum absolute atomic E-state index is 0.0346. The molecule has 1 atom stereocenters. The van der Waals surface area contributed by atoms with Gasteiger partial charge in [0.15, 0.2) is 0 Å². The average Bonchev–Trinajstić information content (AvgIpc) is 2.56. The maximum Gasteiger partial charge on any atom is 0.408 e. The third kappa shape index (κ3) is 4.78. The molecule has 1 aliphatic rings. The van der Waals surface area contributed by atoms with Crippen LogP contribution in [0.5, 0.6) is 0 Å². The Morgan fingerprint density at radius 2 is 1.92 bits per heavy atom. The minimum atomic E-state index is -1.10. The van der Waals surface area contributed by atoms with Crippen molar-refractivity contribution in [3.8, 4) is 0 Å². The summed E-state index contributed by atoms with van der Waals surface area (Å²) in [5.41, 5.74) is 0.814. The lowest BCUT2D eigenvalue weighted by Crippen LogP contribution is -2.66. The highest BCUT2D eigenvalue weighted by Gasteiger charge is 2.41. The molecule has 3 amide bonds. The maximum atomic E-state index is 11.8. The van der Waals surface area contributed by atoms with Gasteiger partial charge in [0.1, 0.15) is 12.6 Å². The number of likely N-dealkylation sites (tertiary alicyclic amines) is 1. The first-order chi connectivity index (χ1) is 11.5. The van der Waals surface area contributed by atoms with Gasteiger partial charge in [-0.2, -0.15) is 0 Å². The lowest BCUT2D eigenvalue weighted by atomic mass is 10.1. The van der Waals surface area contributed by atoms with E-state index in [1.54, 1.807) is 12.1 Å². The zero-order valence-electron chi connectivity index (χ0n) is 12.7. The number of carboxylic acid groups (broad SMARTS) is 1. The van der Waals surface area contributed by atoms with E-state index >= 15 is 0 Å². The van der Waals surface area contributed by atoms with Gasteiger partial charge in [-0.05, 0) is 5.56 Å². The van der Waals surface area contributed by atoms with E-state index in [0.717, 1.165) is 10.5 Å². The number of carbonyl (C=O) groups is 4. The van der Waals surface area contributed by atoms with Gasteiger partial charge >= 0.3 is 12.1 Å². The smallest absolute Gasteiger partial charge is 0.408 e. The van der Waals surface area contributed by atoms with Crippen LogP contribution in [0.15, 0.2) is 30.3 Å². The molecule has 3 N–H and O–H groups in total. The van der Waals surface area contributed by atoms with Crippen LogP contribution in [-0.2, 0) is 25.7 Å². The lowest BCUT2D eigenvalue weighted by Gasteiger charge is -2.36. The van der Waals surface area contributed by atoms with Crippen LogP contribution in [0.1, 0.15) is 5.56 Å². The molecular weight excluding hydrogens is 318 g/mol. The molecule has 9 heteroatoms. The normalized spacial score (nSPS) is 16.2. The summed E-state index contributed by atoms with van der Waals surface area (Å²) in [6, 6.07) is 8.25. The Balaban J connectivity index is 1.68. The quantitative estimate of drug-likeness (QED) is 0.564. The van der Waals surface area contributed by atoms with Gasteiger partial charge in [-0.25, -0.2) is 4.79 Å². The molecule has 0 spiro atoms. The van der Waals surface area contributed by atoms with Crippen LogP contribution in [0.25, 0.3) is 0 Å². The predicted molar refractivity (Wildman–Crippen MR) is 80.8 cm³/mol. The molecule has 1 fully saturated rings. The summed E-state index contributed by atoms with van der Waals surface area (Å²) in [4.78, 5) is 46.3. The van der Waals surface area contributed by atoms with E-state index in [1.165, 1.54) is 0 Å². The average molecular weight is 335 g/mol. The summed E-state index contributed by atoms with van der Waals surface area (Å²) in [5.74, 6) is -2.19. The van der Waals surface area contributed by atoms with Crippen LogP contribution < -0.4 is 10.6 Å². The minimum Gasteiger partial charge on any atom is -0.480 e. The molecule has 128 valence electrons. The molecule has 1 aromatic carbocycles. The number of alkyl carbamates (subject to hydrolysis) is 1. The Morgan fingerprint density at radius 3 is 2.54 bits per heavy atom. The Bertz CT molecular complexity index is 633. The van der Waals surface area contributed by atoms with Gasteiger partial charge < -0.3 is 15.2 Å². The SMILES string of the molecule is O=C(O)CNCC(=O)N1C[C@H](NC(=O)OCc2ccccc2)C1=O. The number of imide groups is 1. The lowest BCUT2D eigenvalue weighted by molar-refractivity contribution is -0.154. The van der Waals surface area contributed by atoms with Crippen LogP contribution in [0.3, 0.4) is 0 Å². The number of hydrogen-bond donors (Lipinski definition) is 3. The molecule has 0 aromatic heterocycles. The molecule has 0 aliphatic carbocycles. The second-order valence-corrected chi connectivity index (χ2v) is 5.10. The van der Waals surface area contributed by atoms with Gasteiger partial charge in [-0.3, -0.25) is 24.6 Å². The van der Waals surface area contributed by atoms with Crippen LogP contribution in [0.4, 0.5) is 4.79 Å². The van der Waals surface area contributed by atoms with Gasteiger partial charge in [0.05, 0.1) is 19.6 Å². The van der Waals surface area contributed by atoms with Crippen LogP contribution in [0, 0.1) is 0 Å². The molecule has 24 heavy (non-hydrogen) atoms. The second kappa shape index (κ2) is 8.06. The van der Waals surface area contributed by atoms with Crippen LogP contribution in [0.2, 0.25) is 0 Å². The number of benzene rings is 1. The van der Waals surface area contributed by atoms with E-state index in [-0.39, 0.29) is 26.2 Å². The number of hydrogen-bond acceptors (Lipinski definition) is 6. The number of nitrogens with one attached hydrogen (secondary N) is 2. The molecule has 1 heterocycles. The topological polar surface area (TPSA) is 125 Å². The molecule has 0 radical (unpaired) electrons. The number of carbonyl (C=O) groups excluding carboxylic acids is 3. The van der Waals surface area contributed by atoms with Crippen molar-refractivity contribution < 1.29 is 29.0 Å². The van der Waals surface area contributed by atoms with Crippen molar-refractivity contribution in [2.45, 2.75) is 12.6 Å². The predicted octanol–water partition coefficient (Wildman–Crippen LogP) is -0.676. The Morgan fingerprint density at radius 1 is 1.21 bits per heavy atom. The van der Waals surface area contributed by atoms with Gasteiger partial charge in [-0.15, -0.1) is 0 Å². The van der Waals surface area contributed by atoms with Crippen LogP contribution >= 0.6 is 0 Å². The van der Waals surface area contributed by atoms with Gasteiger partial charge in [0.2, 0.25) is 5.91 Å². The molecule has 1 aliphatic heterocycles. The van der Waals surface area contributed by atoms with Crippen molar-refractivity contribution >= 4 is 23.9 Å². The number of amides is 3. The van der Waals surface area contributed by atoms with E-state index in [9.17, 15) is 19.2 Å². The van der Waals surface area contributed by atoms with Gasteiger partial charge in [-0.1, -0.05) is 30.3 Å². The first-order valence-electron chi connectivity index (χ1n) is 7.21. The van der Waals surface area contributed by atoms with Gasteiger partial charge in [0, 0.05) is 0 Å². The van der Waals surface area contributed by atoms with Gasteiger partial charge in [0.25, 0.3) is 5.91 Å². The van der Waals surface area contributed by atoms with Crippen molar-refractivity contribution in [1.29, 1.82) is 0 Å². The van der Waals surface area contributed by atoms with Crippen LogP contribution in [-0.4, -0.2) is 59.6 Å². The van der Waals surface area contributed by atoms with Crippen molar-refractivity contribution in [3.05, 3.63) is 35.9 Å². The summed E-state index contributed by atoms with van der Waals surface area (Å²) in [6.45, 7) is -0.521. The molecule has 0 saturated carbocycles. The highest BCUT2D eigenvalue weighted by molar-refractivity contribution is 6.04. The Labute approximate surface area is 137 Å². The maximum absolute atomic E-state index is 11.8. The standard InChI is InChI=1S/C15H17N3O6/c19-12(6-16-7-13(20)21)18-8-11(14(18)22)17-15(23)24-9-10-4-2-1-3-5-10/h1-5,11,16H,6-9H2,(H,17,23)(H,20,21)/t11-/m0/s1. The number of nitrogens with zero attached hydrogens (tertiary/aromatic N) is 1. The van der Waals surface area contributed by atoms with E-state index in [2.05, 4.69) is 10.6 Å². The van der Waals surface area contributed by atoms with Crippen molar-refractivity contribution in [2.24, 2.45) is 0 Å². The third-order valence-corrected chi connectivity index (χ3v) is 3.29. The summed E-state index contributed by atoms with van der Waals surface area (Å²) >= 11 is 0. The zero-order chi connectivity index (χ0) is 17.5. The fraction of sp³-hybridized carbons (Fsp3) is 0.333. The van der Waals surface area contributed by atoms with E-state index in [1.807, 2.05) is 18.2 Å². The fourth-order valence-corrected chi connectivity index (χ4v) is 2.04. The number of aliphatic carboxylic acids is 1. The van der Waals surface area contributed by atoms with E-state index < -0.39 is 29.9 Å². The molecule has 0 bridgehead atoms. The molecule has 1 saturated heterocycles. The first kappa shape index (κ1) is 17.4. The summed E-state index contributed by atoms with van der Waals surface area (Å²) in [5, 5.41) is 13.2. The summed E-state index contributed by atoms with van der Waals surface area (Å²) < 4.78 is 4.99.